The number of halogens is 2. The lowest BCUT2D eigenvalue weighted by atomic mass is 9.97. The van der Waals surface area contributed by atoms with Gasteiger partial charge in [-0.2, -0.15) is 5.10 Å². The molecule has 0 fully saturated rings. The summed E-state index contributed by atoms with van der Waals surface area (Å²) in [6, 6.07) is 13.2. The molecule has 0 saturated carbocycles. The average molecular weight is 451 g/mol. The molecule has 4 aromatic rings. The fraction of sp³-hybridized carbons (Fsp3) is 0.208. The first-order valence-corrected chi connectivity index (χ1v) is 10.4. The summed E-state index contributed by atoms with van der Waals surface area (Å²) in [5.41, 5.74) is 4.03. The van der Waals surface area contributed by atoms with Crippen molar-refractivity contribution in [3.05, 3.63) is 69.5 Å². The summed E-state index contributed by atoms with van der Waals surface area (Å²) in [6.07, 6.45) is 5.95. The maximum atomic E-state index is 6.52. The normalized spacial score (nSPS) is 11.5. The molecule has 2 heterocycles. The second-order valence-corrected chi connectivity index (χ2v) is 9.10. The van der Waals surface area contributed by atoms with Gasteiger partial charge in [0.25, 0.3) is 5.89 Å². The van der Waals surface area contributed by atoms with Crippen LogP contribution >= 0.6 is 23.2 Å². The Balaban J connectivity index is 2.01. The number of rotatable bonds is 3. The van der Waals surface area contributed by atoms with Crippen LogP contribution in [0.4, 0.5) is 0 Å². The van der Waals surface area contributed by atoms with Gasteiger partial charge in [0.15, 0.2) is 5.69 Å². The fourth-order valence-corrected chi connectivity index (χ4v) is 3.62. The smallest absolute Gasteiger partial charge is 0.269 e. The van der Waals surface area contributed by atoms with Crippen LogP contribution in [0.1, 0.15) is 37.8 Å². The molecule has 0 aliphatic rings. The van der Waals surface area contributed by atoms with Crippen LogP contribution in [0.25, 0.3) is 28.5 Å². The van der Waals surface area contributed by atoms with E-state index in [2.05, 4.69) is 16.1 Å². The minimum Gasteiger partial charge on any atom is -0.419 e. The van der Waals surface area contributed by atoms with Crippen molar-refractivity contribution >= 4 is 23.2 Å². The highest BCUT2D eigenvalue weighted by Gasteiger charge is 2.27. The first-order chi connectivity index (χ1) is 14.7. The number of aryl methyl sites for hydroxylation is 1. The Bertz CT molecular complexity index is 1310. The van der Waals surface area contributed by atoms with Gasteiger partial charge in [-0.3, -0.25) is 0 Å². The number of benzene rings is 2. The molecule has 7 heteroatoms. The van der Waals surface area contributed by atoms with Crippen molar-refractivity contribution in [2.24, 2.45) is 0 Å². The summed E-state index contributed by atoms with van der Waals surface area (Å²) >= 11 is 12.6. The molecule has 0 amide bonds. The van der Waals surface area contributed by atoms with Gasteiger partial charge in [0.05, 0.1) is 22.0 Å². The van der Waals surface area contributed by atoms with Gasteiger partial charge in [-0.25, -0.2) is 4.68 Å². The molecule has 4 rings (SSSR count). The van der Waals surface area contributed by atoms with Crippen molar-refractivity contribution in [2.75, 3.05) is 0 Å². The van der Waals surface area contributed by atoms with Gasteiger partial charge in [0, 0.05) is 16.0 Å². The maximum absolute atomic E-state index is 6.52. The Morgan fingerprint density at radius 3 is 2.32 bits per heavy atom. The molecule has 0 bridgehead atoms. The van der Waals surface area contributed by atoms with Crippen LogP contribution in [0.5, 0.6) is 0 Å². The van der Waals surface area contributed by atoms with Crippen molar-refractivity contribution in [2.45, 2.75) is 33.1 Å². The molecule has 0 N–H and O–H groups in total. The molecule has 2 aromatic heterocycles. The summed E-state index contributed by atoms with van der Waals surface area (Å²) in [4.78, 5) is 0. The van der Waals surface area contributed by atoms with E-state index in [1.807, 2.05) is 52.0 Å². The summed E-state index contributed by atoms with van der Waals surface area (Å²) in [6.45, 7) is 8.01. The molecule has 0 atom stereocenters. The summed E-state index contributed by atoms with van der Waals surface area (Å²) in [5.74, 6) is 3.53. The van der Waals surface area contributed by atoms with Crippen molar-refractivity contribution in [1.82, 2.24) is 20.0 Å². The molecular formula is C24H20Cl2N4O. The van der Waals surface area contributed by atoms with Crippen molar-refractivity contribution < 1.29 is 4.42 Å². The molecule has 2 aromatic carbocycles. The lowest BCUT2D eigenvalue weighted by molar-refractivity contribution is 0.398. The predicted octanol–water partition coefficient (Wildman–Crippen LogP) is 6.48. The number of hydrogen-bond acceptors (Lipinski definition) is 4. The fourth-order valence-electron chi connectivity index (χ4n) is 3.13. The summed E-state index contributed by atoms with van der Waals surface area (Å²) < 4.78 is 7.64. The molecule has 156 valence electrons. The third kappa shape index (κ3) is 3.97. The molecule has 0 spiro atoms. The van der Waals surface area contributed by atoms with Crippen LogP contribution in [0.2, 0.25) is 10.0 Å². The summed E-state index contributed by atoms with van der Waals surface area (Å²) in [7, 11) is 0. The first-order valence-electron chi connectivity index (χ1n) is 9.65. The Morgan fingerprint density at radius 2 is 1.74 bits per heavy atom. The second kappa shape index (κ2) is 7.88. The van der Waals surface area contributed by atoms with E-state index in [1.165, 1.54) is 0 Å². The molecule has 0 unspecified atom stereocenters. The van der Waals surface area contributed by atoms with E-state index < -0.39 is 0 Å². The van der Waals surface area contributed by atoms with Gasteiger partial charge in [-0.1, -0.05) is 79.7 Å². The molecule has 0 aliphatic heterocycles. The first kappa shape index (κ1) is 21.2. The van der Waals surface area contributed by atoms with Crippen molar-refractivity contribution in [3.63, 3.8) is 0 Å². The van der Waals surface area contributed by atoms with Gasteiger partial charge < -0.3 is 4.42 Å². The largest absolute Gasteiger partial charge is 0.419 e. The van der Waals surface area contributed by atoms with Crippen LogP contribution in [0.3, 0.4) is 0 Å². The number of aromatic nitrogens is 4. The highest BCUT2D eigenvalue weighted by molar-refractivity contribution is 6.35. The van der Waals surface area contributed by atoms with E-state index in [0.29, 0.717) is 38.6 Å². The van der Waals surface area contributed by atoms with E-state index in [0.717, 1.165) is 11.1 Å². The van der Waals surface area contributed by atoms with E-state index in [4.69, 9.17) is 39.1 Å². The Labute approximate surface area is 191 Å². The van der Waals surface area contributed by atoms with Crippen LogP contribution in [0.15, 0.2) is 46.9 Å². The summed E-state index contributed by atoms with van der Waals surface area (Å²) in [5, 5.41) is 14.1. The quantitative estimate of drug-likeness (QED) is 0.335. The average Bonchev–Trinajstić information content (AvgIpc) is 3.33. The van der Waals surface area contributed by atoms with E-state index in [-0.39, 0.29) is 11.3 Å². The topological polar surface area (TPSA) is 56.7 Å². The van der Waals surface area contributed by atoms with Crippen LogP contribution < -0.4 is 0 Å². The molecule has 5 nitrogen and oxygen atoms in total. The minimum atomic E-state index is -0.302. The van der Waals surface area contributed by atoms with Crippen LogP contribution in [0, 0.1) is 19.3 Å². The van der Waals surface area contributed by atoms with Gasteiger partial charge in [0.1, 0.15) is 0 Å². The van der Waals surface area contributed by atoms with Crippen molar-refractivity contribution in [1.29, 1.82) is 0 Å². The predicted molar refractivity (Wildman–Crippen MR) is 124 cm³/mol. The molecule has 31 heavy (non-hydrogen) atoms. The zero-order valence-corrected chi connectivity index (χ0v) is 19.1. The number of nitrogens with zero attached hydrogens (tertiary/aromatic N) is 4. The lowest BCUT2D eigenvalue weighted by Gasteiger charge is -2.10. The molecule has 0 saturated heterocycles. The van der Waals surface area contributed by atoms with E-state index in [1.54, 1.807) is 22.9 Å². The third-order valence-electron chi connectivity index (χ3n) is 4.76. The van der Waals surface area contributed by atoms with Crippen molar-refractivity contribution in [3.8, 4) is 40.9 Å². The minimum absolute atomic E-state index is 0.259. The SMILES string of the molecule is C#Cc1c(-c2nnc(C(C)(C)C)o2)nn(-c2ccc(Cl)cc2Cl)c1-c1ccc(C)cc1. The molecular weight excluding hydrogens is 431 g/mol. The Kier molecular flexibility index (Phi) is 5.38. The zero-order chi connectivity index (χ0) is 22.3. The van der Waals surface area contributed by atoms with Gasteiger partial charge in [0.2, 0.25) is 5.89 Å². The van der Waals surface area contributed by atoms with E-state index in [9.17, 15) is 0 Å². The van der Waals surface area contributed by atoms with Gasteiger partial charge in [-0.05, 0) is 25.1 Å². The lowest BCUT2D eigenvalue weighted by Crippen LogP contribution is -2.11. The standard InChI is InChI=1S/C24H20Cl2N4O/c1-6-17-20(22-27-28-23(31-22)24(3,4)5)29-30(19-12-11-16(25)13-18(19)26)21(17)15-9-7-14(2)8-10-15/h1,7-13H,2-5H3. The zero-order valence-electron chi connectivity index (χ0n) is 17.6. The maximum Gasteiger partial charge on any atom is 0.269 e. The second-order valence-electron chi connectivity index (χ2n) is 8.25. The van der Waals surface area contributed by atoms with Crippen LogP contribution in [-0.4, -0.2) is 20.0 Å². The molecule has 0 radical (unpaired) electrons. The highest BCUT2D eigenvalue weighted by atomic mass is 35.5. The van der Waals surface area contributed by atoms with E-state index >= 15 is 0 Å². The Morgan fingerprint density at radius 1 is 1.03 bits per heavy atom. The van der Waals surface area contributed by atoms with Gasteiger partial charge in [-0.15, -0.1) is 16.6 Å². The highest BCUT2D eigenvalue weighted by Crippen LogP contribution is 2.36. The number of terminal acetylenes is 1. The monoisotopic (exact) mass is 450 g/mol. The Hall–Kier alpha value is -3.07. The third-order valence-corrected chi connectivity index (χ3v) is 5.30. The van der Waals surface area contributed by atoms with Crippen LogP contribution in [-0.2, 0) is 5.41 Å². The molecule has 0 aliphatic carbocycles. The van der Waals surface area contributed by atoms with Gasteiger partial charge >= 0.3 is 0 Å². The number of hydrogen-bond donors (Lipinski definition) is 0.